The van der Waals surface area contributed by atoms with Gasteiger partial charge in [0.05, 0.1) is 5.92 Å². The number of nitrogens with two attached hydrogens (primary N) is 1. The number of carboxylic acid groups (broad SMARTS) is 1. The minimum atomic E-state index is -0.971. The van der Waals surface area contributed by atoms with Crippen molar-refractivity contribution in [1.29, 1.82) is 0 Å². The Balaban J connectivity index is 2.51. The highest BCUT2D eigenvalue weighted by atomic mass is 16.4. The van der Waals surface area contributed by atoms with Crippen LogP contribution in [0.15, 0.2) is 0 Å². The van der Waals surface area contributed by atoms with Gasteiger partial charge in [-0.3, -0.25) is 4.79 Å². The Morgan fingerprint density at radius 3 is 2.67 bits per heavy atom. The van der Waals surface area contributed by atoms with E-state index in [1.54, 1.807) is 0 Å². The van der Waals surface area contributed by atoms with Gasteiger partial charge in [0.2, 0.25) is 5.91 Å². The van der Waals surface area contributed by atoms with Gasteiger partial charge in [-0.15, -0.1) is 0 Å². The molecule has 0 spiro atoms. The normalized spacial score (nSPS) is 23.7. The quantitative estimate of drug-likeness (QED) is 0.577. The van der Waals surface area contributed by atoms with Gasteiger partial charge >= 0.3 is 6.09 Å². The van der Waals surface area contributed by atoms with Gasteiger partial charge in [0.25, 0.3) is 0 Å². The van der Waals surface area contributed by atoms with Crippen LogP contribution in [0.4, 0.5) is 4.79 Å². The SMILES string of the molecule is NC(=O)[C@H]1CCCN(C(=O)O)C1. The smallest absolute Gasteiger partial charge is 0.407 e. The monoisotopic (exact) mass is 172 g/mol. The minimum absolute atomic E-state index is 0.255. The fourth-order valence-corrected chi connectivity index (χ4v) is 1.38. The van der Waals surface area contributed by atoms with E-state index < -0.39 is 12.0 Å². The van der Waals surface area contributed by atoms with Gasteiger partial charge in [-0.2, -0.15) is 0 Å². The van der Waals surface area contributed by atoms with Crippen LogP contribution in [-0.2, 0) is 4.79 Å². The summed E-state index contributed by atoms with van der Waals surface area (Å²) >= 11 is 0. The predicted octanol–water partition coefficient (Wildman–Crippen LogP) is -0.138. The van der Waals surface area contributed by atoms with E-state index in [0.29, 0.717) is 13.0 Å². The van der Waals surface area contributed by atoms with Gasteiger partial charge in [-0.25, -0.2) is 4.79 Å². The molecule has 0 aromatic carbocycles. The number of carbonyl (C=O) groups excluding carboxylic acids is 1. The Labute approximate surface area is 70.1 Å². The molecule has 0 saturated carbocycles. The zero-order valence-corrected chi connectivity index (χ0v) is 6.69. The first-order chi connectivity index (χ1) is 5.61. The third kappa shape index (κ3) is 1.87. The molecule has 5 heteroatoms. The summed E-state index contributed by atoms with van der Waals surface area (Å²) < 4.78 is 0. The molecular formula is C7H12N2O3. The molecule has 1 aliphatic heterocycles. The lowest BCUT2D eigenvalue weighted by molar-refractivity contribution is -0.123. The second kappa shape index (κ2) is 3.42. The van der Waals surface area contributed by atoms with Crippen molar-refractivity contribution in [3.8, 4) is 0 Å². The number of amides is 2. The molecule has 0 unspecified atom stereocenters. The number of carbonyl (C=O) groups is 2. The van der Waals surface area contributed by atoms with Crippen LogP contribution < -0.4 is 5.73 Å². The highest BCUT2D eigenvalue weighted by Gasteiger charge is 2.26. The van der Waals surface area contributed by atoms with Gasteiger partial charge in [0.1, 0.15) is 0 Å². The second-order valence-electron chi connectivity index (χ2n) is 2.97. The second-order valence-corrected chi connectivity index (χ2v) is 2.97. The number of likely N-dealkylation sites (tertiary alicyclic amines) is 1. The molecular weight excluding hydrogens is 160 g/mol. The van der Waals surface area contributed by atoms with Gasteiger partial charge < -0.3 is 15.7 Å². The topological polar surface area (TPSA) is 83.6 Å². The van der Waals surface area contributed by atoms with E-state index in [9.17, 15) is 9.59 Å². The first kappa shape index (κ1) is 8.83. The maximum absolute atomic E-state index is 10.7. The molecule has 0 bridgehead atoms. The molecule has 0 aromatic rings. The molecule has 12 heavy (non-hydrogen) atoms. The zero-order valence-electron chi connectivity index (χ0n) is 6.69. The van der Waals surface area contributed by atoms with Crippen LogP contribution >= 0.6 is 0 Å². The van der Waals surface area contributed by atoms with Crippen molar-refractivity contribution in [2.75, 3.05) is 13.1 Å². The average Bonchev–Trinajstić information content (AvgIpc) is 2.04. The highest BCUT2D eigenvalue weighted by Crippen LogP contribution is 2.15. The summed E-state index contributed by atoms with van der Waals surface area (Å²) in [5.41, 5.74) is 5.07. The Hall–Kier alpha value is -1.26. The summed E-state index contributed by atoms with van der Waals surface area (Å²) in [5, 5.41) is 8.61. The van der Waals surface area contributed by atoms with E-state index in [1.165, 1.54) is 4.90 Å². The number of piperidine rings is 1. The van der Waals surface area contributed by atoms with Gasteiger partial charge in [0, 0.05) is 13.1 Å². The van der Waals surface area contributed by atoms with Crippen molar-refractivity contribution in [2.45, 2.75) is 12.8 Å². The number of primary amides is 1. The first-order valence-corrected chi connectivity index (χ1v) is 3.88. The predicted molar refractivity (Wildman–Crippen MR) is 41.5 cm³/mol. The molecule has 68 valence electrons. The van der Waals surface area contributed by atoms with E-state index in [-0.39, 0.29) is 12.5 Å². The number of hydrogen-bond acceptors (Lipinski definition) is 2. The summed E-state index contributed by atoms with van der Waals surface area (Å²) in [6, 6.07) is 0. The summed E-state index contributed by atoms with van der Waals surface area (Å²) in [6.45, 7) is 0.768. The first-order valence-electron chi connectivity index (χ1n) is 3.88. The van der Waals surface area contributed by atoms with Crippen molar-refractivity contribution in [2.24, 2.45) is 11.7 Å². The number of rotatable bonds is 1. The van der Waals surface area contributed by atoms with E-state index in [0.717, 1.165) is 6.42 Å². The number of nitrogens with zero attached hydrogens (tertiary/aromatic N) is 1. The Morgan fingerprint density at radius 2 is 2.17 bits per heavy atom. The molecule has 0 aliphatic carbocycles. The van der Waals surface area contributed by atoms with Crippen molar-refractivity contribution in [3.63, 3.8) is 0 Å². The van der Waals surface area contributed by atoms with Gasteiger partial charge in [0.15, 0.2) is 0 Å². The molecule has 2 amide bonds. The van der Waals surface area contributed by atoms with Gasteiger partial charge in [-0.1, -0.05) is 0 Å². The fraction of sp³-hybridized carbons (Fsp3) is 0.714. The van der Waals surface area contributed by atoms with Crippen LogP contribution in [0.2, 0.25) is 0 Å². The number of hydrogen-bond donors (Lipinski definition) is 2. The molecule has 1 heterocycles. The summed E-state index contributed by atoms with van der Waals surface area (Å²) in [6.07, 6.45) is 0.458. The molecule has 1 atom stereocenters. The van der Waals surface area contributed by atoms with E-state index in [1.807, 2.05) is 0 Å². The third-order valence-electron chi connectivity index (χ3n) is 2.09. The molecule has 5 nitrogen and oxygen atoms in total. The van der Waals surface area contributed by atoms with E-state index in [2.05, 4.69) is 0 Å². The Morgan fingerprint density at radius 1 is 1.50 bits per heavy atom. The zero-order chi connectivity index (χ0) is 9.14. The average molecular weight is 172 g/mol. The van der Waals surface area contributed by atoms with Crippen LogP contribution in [0.3, 0.4) is 0 Å². The molecule has 1 saturated heterocycles. The van der Waals surface area contributed by atoms with E-state index in [4.69, 9.17) is 10.8 Å². The van der Waals surface area contributed by atoms with Crippen molar-refractivity contribution >= 4 is 12.0 Å². The van der Waals surface area contributed by atoms with Crippen LogP contribution in [0.1, 0.15) is 12.8 Å². The van der Waals surface area contributed by atoms with Crippen LogP contribution in [0.5, 0.6) is 0 Å². The summed E-state index contributed by atoms with van der Waals surface area (Å²) in [7, 11) is 0. The van der Waals surface area contributed by atoms with Crippen molar-refractivity contribution in [1.82, 2.24) is 4.90 Å². The van der Waals surface area contributed by atoms with Crippen LogP contribution in [0, 0.1) is 5.92 Å². The standard InChI is InChI=1S/C7H12N2O3/c8-6(10)5-2-1-3-9(4-5)7(11)12/h5H,1-4H2,(H2,8,10)(H,11,12)/t5-/m0/s1. The maximum atomic E-state index is 10.7. The summed E-state index contributed by atoms with van der Waals surface area (Å²) in [5.74, 6) is -0.698. The highest BCUT2D eigenvalue weighted by molar-refractivity contribution is 5.77. The molecule has 0 aromatic heterocycles. The molecule has 1 rings (SSSR count). The van der Waals surface area contributed by atoms with Gasteiger partial charge in [-0.05, 0) is 12.8 Å². The van der Waals surface area contributed by atoms with Crippen molar-refractivity contribution in [3.05, 3.63) is 0 Å². The van der Waals surface area contributed by atoms with Crippen LogP contribution in [0.25, 0.3) is 0 Å². The van der Waals surface area contributed by atoms with Crippen molar-refractivity contribution < 1.29 is 14.7 Å². The minimum Gasteiger partial charge on any atom is -0.465 e. The largest absolute Gasteiger partial charge is 0.465 e. The lowest BCUT2D eigenvalue weighted by Crippen LogP contribution is -2.43. The Kier molecular flexibility index (Phi) is 2.52. The lowest BCUT2D eigenvalue weighted by Gasteiger charge is -2.28. The summed E-state index contributed by atoms with van der Waals surface area (Å²) in [4.78, 5) is 22.5. The maximum Gasteiger partial charge on any atom is 0.407 e. The Bertz CT molecular complexity index is 185. The fourth-order valence-electron chi connectivity index (χ4n) is 1.38. The third-order valence-corrected chi connectivity index (χ3v) is 2.09. The molecule has 1 fully saturated rings. The molecule has 1 aliphatic rings. The molecule has 0 radical (unpaired) electrons. The van der Waals surface area contributed by atoms with E-state index >= 15 is 0 Å². The molecule has 3 N–H and O–H groups in total. The van der Waals surface area contributed by atoms with Crippen LogP contribution in [-0.4, -0.2) is 35.1 Å². The lowest BCUT2D eigenvalue weighted by atomic mass is 9.98.